The molecule has 0 bridgehead atoms. The average molecular weight is 266 g/mol. The van der Waals surface area contributed by atoms with Crippen LogP contribution in [0.15, 0.2) is 72.5 Å². The van der Waals surface area contributed by atoms with Crippen LogP contribution in [0.5, 0.6) is 0 Å². The first-order valence-corrected chi connectivity index (χ1v) is 6.94. The summed E-state index contributed by atoms with van der Waals surface area (Å²) in [7, 11) is 0. The molecule has 0 fully saturated rings. The minimum atomic E-state index is 0.110. The third kappa shape index (κ3) is 3.28. The third-order valence-corrected chi connectivity index (χ3v) is 3.39. The molecular weight excluding hydrogens is 248 g/mol. The van der Waals surface area contributed by atoms with Gasteiger partial charge in [-0.05, 0) is 17.2 Å². The Morgan fingerprint density at radius 1 is 0.800 bits per heavy atom. The van der Waals surface area contributed by atoms with Crippen LogP contribution in [0.25, 0.3) is 0 Å². The highest BCUT2D eigenvalue weighted by molar-refractivity contribution is 5.18. The predicted octanol–water partition coefficient (Wildman–Crippen LogP) is 4.08. The van der Waals surface area contributed by atoms with Crippen molar-refractivity contribution >= 4 is 0 Å². The summed E-state index contributed by atoms with van der Waals surface area (Å²) < 4.78 is 11.7. The molecule has 2 nitrogen and oxygen atoms in total. The summed E-state index contributed by atoms with van der Waals surface area (Å²) in [5, 5.41) is 0. The SMILES string of the molecule is C1=C(OCc2ccccc2)C(OCc2ccccc2)C1. The van der Waals surface area contributed by atoms with Crippen LogP contribution >= 0.6 is 0 Å². The Labute approximate surface area is 119 Å². The van der Waals surface area contributed by atoms with Gasteiger partial charge in [-0.2, -0.15) is 0 Å². The second-order valence-electron chi connectivity index (χ2n) is 4.90. The van der Waals surface area contributed by atoms with Crippen molar-refractivity contribution in [1.82, 2.24) is 0 Å². The van der Waals surface area contributed by atoms with Crippen LogP contribution in [0.4, 0.5) is 0 Å². The molecule has 20 heavy (non-hydrogen) atoms. The van der Waals surface area contributed by atoms with Gasteiger partial charge in [-0.15, -0.1) is 0 Å². The van der Waals surface area contributed by atoms with Crippen molar-refractivity contribution in [3.63, 3.8) is 0 Å². The van der Waals surface area contributed by atoms with E-state index in [2.05, 4.69) is 30.3 Å². The standard InChI is InChI=1S/C18H18O2/c1-3-7-15(8-4-1)13-19-17-11-12-18(17)20-14-16-9-5-2-6-10-16/h1-11,18H,12-14H2. The molecule has 3 rings (SSSR count). The molecule has 102 valence electrons. The lowest BCUT2D eigenvalue weighted by Gasteiger charge is -2.27. The van der Waals surface area contributed by atoms with Gasteiger partial charge >= 0.3 is 0 Å². The van der Waals surface area contributed by atoms with Gasteiger partial charge in [-0.3, -0.25) is 0 Å². The Balaban J connectivity index is 1.45. The van der Waals surface area contributed by atoms with E-state index in [9.17, 15) is 0 Å². The molecular formula is C18H18O2. The first-order valence-electron chi connectivity index (χ1n) is 6.94. The second-order valence-corrected chi connectivity index (χ2v) is 4.90. The topological polar surface area (TPSA) is 18.5 Å². The van der Waals surface area contributed by atoms with E-state index in [-0.39, 0.29) is 6.10 Å². The van der Waals surface area contributed by atoms with Crippen molar-refractivity contribution in [2.24, 2.45) is 0 Å². The maximum atomic E-state index is 5.87. The van der Waals surface area contributed by atoms with Crippen molar-refractivity contribution in [3.05, 3.63) is 83.6 Å². The van der Waals surface area contributed by atoms with Crippen molar-refractivity contribution in [2.75, 3.05) is 0 Å². The van der Waals surface area contributed by atoms with Crippen LogP contribution in [-0.4, -0.2) is 6.10 Å². The Bertz CT molecular complexity index is 560. The van der Waals surface area contributed by atoms with Gasteiger partial charge in [-0.1, -0.05) is 60.7 Å². The van der Waals surface area contributed by atoms with E-state index in [1.54, 1.807) is 0 Å². The molecule has 1 unspecified atom stereocenters. The molecule has 1 atom stereocenters. The first-order chi connectivity index (χ1) is 9.92. The van der Waals surface area contributed by atoms with E-state index in [0.717, 1.165) is 12.2 Å². The summed E-state index contributed by atoms with van der Waals surface area (Å²) in [5.41, 5.74) is 2.38. The fourth-order valence-corrected chi connectivity index (χ4v) is 2.12. The molecule has 0 saturated carbocycles. The summed E-state index contributed by atoms with van der Waals surface area (Å²) in [6, 6.07) is 20.4. The molecule has 2 aromatic carbocycles. The normalized spacial score (nSPS) is 17.2. The average Bonchev–Trinajstić information content (AvgIpc) is 2.49. The Hall–Kier alpha value is -2.06. The van der Waals surface area contributed by atoms with E-state index < -0.39 is 0 Å². The Morgan fingerprint density at radius 2 is 1.40 bits per heavy atom. The zero-order valence-corrected chi connectivity index (χ0v) is 11.4. The maximum Gasteiger partial charge on any atom is 0.122 e. The van der Waals surface area contributed by atoms with Crippen LogP contribution in [0.1, 0.15) is 17.5 Å². The maximum absolute atomic E-state index is 5.87. The number of hydrogen-bond acceptors (Lipinski definition) is 2. The largest absolute Gasteiger partial charge is 0.491 e. The van der Waals surface area contributed by atoms with Gasteiger partial charge in [-0.25, -0.2) is 0 Å². The highest BCUT2D eigenvalue weighted by Crippen LogP contribution is 2.26. The summed E-state index contributed by atoms with van der Waals surface area (Å²) in [5.74, 6) is 0.963. The predicted molar refractivity (Wildman–Crippen MR) is 79.0 cm³/mol. The molecule has 0 saturated heterocycles. The van der Waals surface area contributed by atoms with Gasteiger partial charge in [0.15, 0.2) is 0 Å². The minimum Gasteiger partial charge on any atom is -0.491 e. The van der Waals surface area contributed by atoms with Crippen molar-refractivity contribution in [3.8, 4) is 0 Å². The third-order valence-electron chi connectivity index (χ3n) is 3.39. The van der Waals surface area contributed by atoms with Crippen LogP contribution in [0, 0.1) is 0 Å². The fourth-order valence-electron chi connectivity index (χ4n) is 2.12. The summed E-state index contributed by atoms with van der Waals surface area (Å²) in [4.78, 5) is 0. The highest BCUT2D eigenvalue weighted by atomic mass is 16.5. The number of hydrogen-bond donors (Lipinski definition) is 0. The fraction of sp³-hybridized carbons (Fsp3) is 0.222. The molecule has 0 heterocycles. The van der Waals surface area contributed by atoms with E-state index in [1.165, 1.54) is 11.1 Å². The molecule has 0 aromatic heterocycles. The van der Waals surface area contributed by atoms with Gasteiger partial charge in [0, 0.05) is 6.42 Å². The van der Waals surface area contributed by atoms with E-state index in [0.29, 0.717) is 13.2 Å². The molecule has 2 heteroatoms. The lowest BCUT2D eigenvalue weighted by Crippen LogP contribution is -2.24. The summed E-state index contributed by atoms with van der Waals surface area (Å²) >= 11 is 0. The van der Waals surface area contributed by atoms with Crippen molar-refractivity contribution in [2.45, 2.75) is 25.7 Å². The van der Waals surface area contributed by atoms with Crippen molar-refractivity contribution in [1.29, 1.82) is 0 Å². The van der Waals surface area contributed by atoms with Gasteiger partial charge in [0.25, 0.3) is 0 Å². The summed E-state index contributed by atoms with van der Waals surface area (Å²) in [6.07, 6.45) is 3.15. The minimum absolute atomic E-state index is 0.110. The molecule has 1 aliphatic rings. The molecule has 0 aliphatic heterocycles. The van der Waals surface area contributed by atoms with E-state index in [1.807, 2.05) is 36.4 Å². The molecule has 0 N–H and O–H groups in total. The molecule has 0 amide bonds. The van der Waals surface area contributed by atoms with Crippen LogP contribution in [0.3, 0.4) is 0 Å². The molecule has 0 radical (unpaired) electrons. The monoisotopic (exact) mass is 266 g/mol. The smallest absolute Gasteiger partial charge is 0.122 e. The molecule has 1 aliphatic carbocycles. The number of rotatable bonds is 6. The van der Waals surface area contributed by atoms with Gasteiger partial charge < -0.3 is 9.47 Å². The molecule has 0 spiro atoms. The quantitative estimate of drug-likeness (QED) is 0.784. The molecule has 2 aromatic rings. The lowest BCUT2D eigenvalue weighted by atomic mass is 10.0. The van der Waals surface area contributed by atoms with Gasteiger partial charge in [0.05, 0.1) is 6.61 Å². The first kappa shape index (κ1) is 12.9. The van der Waals surface area contributed by atoms with Gasteiger partial charge in [0.1, 0.15) is 18.5 Å². The second kappa shape index (κ2) is 6.40. The zero-order valence-electron chi connectivity index (χ0n) is 11.4. The van der Waals surface area contributed by atoms with E-state index >= 15 is 0 Å². The van der Waals surface area contributed by atoms with Crippen LogP contribution < -0.4 is 0 Å². The highest BCUT2D eigenvalue weighted by Gasteiger charge is 2.23. The van der Waals surface area contributed by atoms with Gasteiger partial charge in [0.2, 0.25) is 0 Å². The summed E-state index contributed by atoms with van der Waals surface area (Å²) in [6.45, 7) is 1.25. The van der Waals surface area contributed by atoms with Crippen LogP contribution in [-0.2, 0) is 22.7 Å². The van der Waals surface area contributed by atoms with Crippen molar-refractivity contribution < 1.29 is 9.47 Å². The number of ether oxygens (including phenoxy) is 2. The Morgan fingerprint density at radius 3 is 1.95 bits per heavy atom. The van der Waals surface area contributed by atoms with E-state index in [4.69, 9.17) is 9.47 Å². The number of benzene rings is 2. The lowest BCUT2D eigenvalue weighted by molar-refractivity contribution is -0.000230. The zero-order chi connectivity index (χ0) is 13.6. The van der Waals surface area contributed by atoms with Crippen LogP contribution in [0.2, 0.25) is 0 Å². The Kier molecular flexibility index (Phi) is 4.14.